The van der Waals surface area contributed by atoms with Gasteiger partial charge >= 0.3 is 5.97 Å². The zero-order chi connectivity index (χ0) is 21.6. The number of benzene rings is 2. The Balaban J connectivity index is 2.12. The van der Waals surface area contributed by atoms with E-state index in [9.17, 15) is 34.9 Å². The molecule has 29 heavy (non-hydrogen) atoms. The average Bonchev–Trinajstić information content (AvgIpc) is 2.67. The molecule has 11 heteroatoms. The third kappa shape index (κ3) is 5.73. The van der Waals surface area contributed by atoms with Crippen molar-refractivity contribution in [3.05, 3.63) is 74.3 Å². The minimum absolute atomic E-state index is 0.0618. The topological polar surface area (TPSA) is 165 Å². The molecule has 1 amide bonds. The zero-order valence-corrected chi connectivity index (χ0v) is 15.3. The first-order valence-electron chi connectivity index (χ1n) is 8.45. The molecule has 2 aromatic carbocycles. The molecular weight excluding hydrogens is 384 g/mol. The summed E-state index contributed by atoms with van der Waals surface area (Å²) in [5, 5.41) is 36.3. The maximum atomic E-state index is 12.4. The van der Waals surface area contributed by atoms with Crippen LogP contribution in [0.2, 0.25) is 0 Å². The Kier molecular flexibility index (Phi) is 6.80. The number of anilines is 1. The molecule has 2 atom stereocenters. The number of hydrogen-bond donors (Lipinski definition) is 3. The van der Waals surface area contributed by atoms with E-state index in [1.54, 1.807) is 30.3 Å². The van der Waals surface area contributed by atoms with Gasteiger partial charge in [-0.25, -0.2) is 4.79 Å². The van der Waals surface area contributed by atoms with Crippen molar-refractivity contribution < 1.29 is 24.5 Å². The summed E-state index contributed by atoms with van der Waals surface area (Å²) in [6.45, 7) is 1.39. The number of carboxylic acids is 1. The standard InChI is InChI=1S/C18H18N4O7/c1-11(19-14-8-7-13(21(26)27)10-16(14)22(28)29)17(23)20-15(18(24)25)9-12-5-3-2-4-6-12/h2-8,10-11,15,19H,9H2,1H3,(H,20,23)(H,24,25)/t11-,15-/m0/s1. The molecule has 0 radical (unpaired) electrons. The van der Waals surface area contributed by atoms with E-state index >= 15 is 0 Å². The van der Waals surface area contributed by atoms with E-state index in [1.165, 1.54) is 6.92 Å². The summed E-state index contributed by atoms with van der Waals surface area (Å²) < 4.78 is 0. The monoisotopic (exact) mass is 402 g/mol. The number of carboxylic acid groups (broad SMARTS) is 1. The summed E-state index contributed by atoms with van der Waals surface area (Å²) in [6, 6.07) is 9.46. The highest BCUT2D eigenvalue weighted by atomic mass is 16.6. The fourth-order valence-electron chi connectivity index (χ4n) is 2.55. The van der Waals surface area contributed by atoms with E-state index in [0.29, 0.717) is 5.56 Å². The second-order valence-corrected chi connectivity index (χ2v) is 6.17. The van der Waals surface area contributed by atoms with Crippen molar-refractivity contribution in [2.45, 2.75) is 25.4 Å². The molecule has 2 rings (SSSR count). The van der Waals surface area contributed by atoms with Crippen LogP contribution in [0.3, 0.4) is 0 Å². The maximum Gasteiger partial charge on any atom is 0.326 e. The van der Waals surface area contributed by atoms with Crippen LogP contribution in [-0.4, -0.2) is 38.9 Å². The lowest BCUT2D eigenvalue weighted by Gasteiger charge is -2.19. The maximum absolute atomic E-state index is 12.4. The SMILES string of the molecule is C[C@H](Nc1ccc([N+](=O)[O-])cc1[N+](=O)[O-])C(=O)N[C@@H](Cc1ccccc1)C(=O)O. The second-order valence-electron chi connectivity index (χ2n) is 6.17. The summed E-state index contributed by atoms with van der Waals surface area (Å²) in [7, 11) is 0. The number of carbonyl (C=O) groups is 2. The number of nitrogens with one attached hydrogen (secondary N) is 2. The van der Waals surface area contributed by atoms with Crippen molar-refractivity contribution in [3.8, 4) is 0 Å². The van der Waals surface area contributed by atoms with Crippen LogP contribution in [0.5, 0.6) is 0 Å². The van der Waals surface area contributed by atoms with Crippen LogP contribution in [-0.2, 0) is 16.0 Å². The van der Waals surface area contributed by atoms with Crippen LogP contribution < -0.4 is 10.6 Å². The van der Waals surface area contributed by atoms with E-state index in [2.05, 4.69) is 10.6 Å². The number of non-ortho nitro benzene ring substituents is 1. The van der Waals surface area contributed by atoms with Gasteiger partial charge in [-0.15, -0.1) is 0 Å². The Morgan fingerprint density at radius 1 is 1.07 bits per heavy atom. The molecule has 0 heterocycles. The van der Waals surface area contributed by atoms with Crippen LogP contribution in [0, 0.1) is 20.2 Å². The smallest absolute Gasteiger partial charge is 0.326 e. The van der Waals surface area contributed by atoms with Gasteiger partial charge in [0.15, 0.2) is 0 Å². The number of aliphatic carboxylic acids is 1. The van der Waals surface area contributed by atoms with Gasteiger partial charge < -0.3 is 15.7 Å². The van der Waals surface area contributed by atoms with Crippen molar-refractivity contribution in [1.82, 2.24) is 5.32 Å². The number of nitro groups is 2. The Morgan fingerprint density at radius 2 is 1.72 bits per heavy atom. The number of nitrogens with zero attached hydrogens (tertiary/aromatic N) is 2. The van der Waals surface area contributed by atoms with Crippen LogP contribution in [0.4, 0.5) is 17.1 Å². The van der Waals surface area contributed by atoms with Gasteiger partial charge in [-0.2, -0.15) is 0 Å². The van der Waals surface area contributed by atoms with E-state index in [4.69, 9.17) is 0 Å². The molecule has 0 bridgehead atoms. The summed E-state index contributed by atoms with van der Waals surface area (Å²) >= 11 is 0. The minimum atomic E-state index is -1.23. The summed E-state index contributed by atoms with van der Waals surface area (Å²) in [5.41, 5.74) is -0.420. The molecule has 0 aliphatic heterocycles. The van der Waals surface area contributed by atoms with Crippen LogP contribution in [0.1, 0.15) is 12.5 Å². The number of nitro benzene ring substituents is 2. The minimum Gasteiger partial charge on any atom is -0.480 e. The van der Waals surface area contributed by atoms with E-state index in [-0.39, 0.29) is 12.1 Å². The summed E-state index contributed by atoms with van der Waals surface area (Å²) in [5.74, 6) is -1.92. The van der Waals surface area contributed by atoms with Gasteiger partial charge in [0.05, 0.1) is 15.9 Å². The molecule has 0 aliphatic rings. The first-order valence-corrected chi connectivity index (χ1v) is 8.45. The molecule has 0 aliphatic carbocycles. The number of rotatable bonds is 9. The molecule has 0 saturated carbocycles. The van der Waals surface area contributed by atoms with Gasteiger partial charge in [-0.05, 0) is 18.6 Å². The fraction of sp³-hybridized carbons (Fsp3) is 0.222. The van der Waals surface area contributed by atoms with E-state index in [0.717, 1.165) is 18.2 Å². The lowest BCUT2D eigenvalue weighted by Crippen LogP contribution is -2.47. The Hall–Kier alpha value is -4.02. The number of amides is 1. The molecule has 0 fully saturated rings. The largest absolute Gasteiger partial charge is 0.480 e. The second kappa shape index (κ2) is 9.26. The predicted octanol–water partition coefficient (Wildman–Crippen LogP) is 2.12. The first kappa shape index (κ1) is 21.3. The average molecular weight is 402 g/mol. The lowest BCUT2D eigenvalue weighted by molar-refractivity contribution is -0.393. The molecule has 2 aromatic rings. The van der Waals surface area contributed by atoms with Crippen molar-refractivity contribution in [2.75, 3.05) is 5.32 Å². The molecule has 152 valence electrons. The zero-order valence-electron chi connectivity index (χ0n) is 15.3. The Bertz CT molecular complexity index is 933. The van der Waals surface area contributed by atoms with Crippen LogP contribution in [0.15, 0.2) is 48.5 Å². The molecule has 0 unspecified atom stereocenters. The third-order valence-electron chi connectivity index (χ3n) is 4.05. The molecule has 11 nitrogen and oxygen atoms in total. The highest BCUT2D eigenvalue weighted by Gasteiger charge is 2.26. The van der Waals surface area contributed by atoms with Gasteiger partial charge in [0.2, 0.25) is 5.91 Å². The lowest BCUT2D eigenvalue weighted by atomic mass is 10.1. The summed E-state index contributed by atoms with van der Waals surface area (Å²) in [4.78, 5) is 44.3. The van der Waals surface area contributed by atoms with E-state index < -0.39 is 45.2 Å². The van der Waals surface area contributed by atoms with Crippen LogP contribution >= 0.6 is 0 Å². The summed E-state index contributed by atoms with van der Waals surface area (Å²) in [6.07, 6.45) is 0.0618. The third-order valence-corrected chi connectivity index (χ3v) is 4.05. The molecule has 0 aromatic heterocycles. The van der Waals surface area contributed by atoms with Crippen molar-refractivity contribution in [3.63, 3.8) is 0 Å². The quantitative estimate of drug-likeness (QED) is 0.424. The van der Waals surface area contributed by atoms with Crippen molar-refractivity contribution in [1.29, 1.82) is 0 Å². The van der Waals surface area contributed by atoms with Gasteiger partial charge in [-0.1, -0.05) is 30.3 Å². The van der Waals surface area contributed by atoms with Gasteiger partial charge in [0.25, 0.3) is 11.4 Å². The highest BCUT2D eigenvalue weighted by molar-refractivity contribution is 5.89. The highest BCUT2D eigenvalue weighted by Crippen LogP contribution is 2.29. The van der Waals surface area contributed by atoms with Gasteiger partial charge in [0.1, 0.15) is 17.8 Å². The predicted molar refractivity (Wildman–Crippen MR) is 103 cm³/mol. The van der Waals surface area contributed by atoms with Crippen molar-refractivity contribution >= 4 is 28.9 Å². The molecular formula is C18H18N4O7. The molecule has 3 N–H and O–H groups in total. The molecule has 0 saturated heterocycles. The first-order chi connectivity index (χ1) is 13.7. The van der Waals surface area contributed by atoms with Gasteiger partial charge in [-0.3, -0.25) is 25.0 Å². The van der Waals surface area contributed by atoms with E-state index in [1.807, 2.05) is 0 Å². The fourth-order valence-corrected chi connectivity index (χ4v) is 2.55. The Morgan fingerprint density at radius 3 is 2.28 bits per heavy atom. The Labute approximate surface area is 164 Å². The number of carbonyl (C=O) groups excluding carboxylic acids is 1. The van der Waals surface area contributed by atoms with Gasteiger partial charge in [0, 0.05) is 12.5 Å². The van der Waals surface area contributed by atoms with Crippen LogP contribution in [0.25, 0.3) is 0 Å². The van der Waals surface area contributed by atoms with Crippen molar-refractivity contribution in [2.24, 2.45) is 0 Å². The normalized spacial score (nSPS) is 12.4. The molecule has 0 spiro atoms. The number of hydrogen-bond acceptors (Lipinski definition) is 7.